The highest BCUT2D eigenvalue weighted by molar-refractivity contribution is 5.97. The normalized spacial score (nSPS) is 10.9. The SMILES string of the molecule is COc1ccc(CC(=O)c2ccc(CNC(=O)OC(C)(C)C)cc2)cc1. The maximum absolute atomic E-state index is 12.4. The molecule has 0 radical (unpaired) electrons. The van der Waals surface area contributed by atoms with E-state index in [1.54, 1.807) is 19.2 Å². The van der Waals surface area contributed by atoms with Crippen LogP contribution < -0.4 is 10.1 Å². The fourth-order valence-electron chi connectivity index (χ4n) is 2.33. The second-order valence-corrected chi connectivity index (χ2v) is 7.00. The first-order valence-corrected chi connectivity index (χ1v) is 8.49. The van der Waals surface area contributed by atoms with E-state index in [0.717, 1.165) is 16.9 Å². The molecule has 26 heavy (non-hydrogen) atoms. The van der Waals surface area contributed by atoms with E-state index in [1.165, 1.54) is 0 Å². The number of carbonyl (C=O) groups excluding carboxylic acids is 2. The van der Waals surface area contributed by atoms with Gasteiger partial charge in [-0.3, -0.25) is 4.79 Å². The van der Waals surface area contributed by atoms with Crippen LogP contribution >= 0.6 is 0 Å². The Bertz CT molecular complexity index is 743. The average Bonchev–Trinajstić information content (AvgIpc) is 2.59. The standard InChI is InChI=1S/C21H25NO4/c1-21(2,3)26-20(24)22-14-16-5-9-17(10-6-16)19(23)13-15-7-11-18(25-4)12-8-15/h5-12H,13-14H2,1-4H3,(H,22,24). The molecule has 0 heterocycles. The lowest BCUT2D eigenvalue weighted by molar-refractivity contribution is 0.0523. The van der Waals surface area contributed by atoms with Crippen molar-refractivity contribution in [2.45, 2.75) is 39.3 Å². The Morgan fingerprint density at radius 2 is 1.50 bits per heavy atom. The maximum Gasteiger partial charge on any atom is 0.407 e. The molecule has 0 bridgehead atoms. The van der Waals surface area contributed by atoms with Gasteiger partial charge in [0.25, 0.3) is 0 Å². The molecule has 0 aliphatic heterocycles. The Morgan fingerprint density at radius 3 is 2.04 bits per heavy atom. The highest BCUT2D eigenvalue weighted by atomic mass is 16.6. The smallest absolute Gasteiger partial charge is 0.407 e. The van der Waals surface area contributed by atoms with E-state index in [2.05, 4.69) is 5.32 Å². The quantitative estimate of drug-likeness (QED) is 0.791. The predicted octanol–water partition coefficient (Wildman–Crippen LogP) is 4.15. The van der Waals surface area contributed by atoms with Crippen LogP contribution in [0.5, 0.6) is 5.75 Å². The van der Waals surface area contributed by atoms with Crippen molar-refractivity contribution >= 4 is 11.9 Å². The molecular formula is C21H25NO4. The van der Waals surface area contributed by atoms with Gasteiger partial charge < -0.3 is 14.8 Å². The summed E-state index contributed by atoms with van der Waals surface area (Å²) in [5, 5.41) is 2.70. The van der Waals surface area contributed by atoms with Gasteiger partial charge in [0.2, 0.25) is 0 Å². The first-order chi connectivity index (χ1) is 12.3. The van der Waals surface area contributed by atoms with Crippen LogP contribution in [0.2, 0.25) is 0 Å². The fourth-order valence-corrected chi connectivity index (χ4v) is 2.33. The summed E-state index contributed by atoms with van der Waals surface area (Å²) in [6, 6.07) is 14.7. The van der Waals surface area contributed by atoms with Crippen molar-refractivity contribution in [2.24, 2.45) is 0 Å². The van der Waals surface area contributed by atoms with Crippen LogP contribution in [0.1, 0.15) is 42.3 Å². The third kappa shape index (κ3) is 6.24. The first-order valence-electron chi connectivity index (χ1n) is 8.49. The predicted molar refractivity (Wildman–Crippen MR) is 101 cm³/mol. The number of hydrogen-bond acceptors (Lipinski definition) is 4. The number of carbonyl (C=O) groups is 2. The monoisotopic (exact) mass is 355 g/mol. The highest BCUT2D eigenvalue weighted by Gasteiger charge is 2.15. The van der Waals surface area contributed by atoms with Gasteiger partial charge in [-0.05, 0) is 44.0 Å². The van der Waals surface area contributed by atoms with Gasteiger partial charge in [0.15, 0.2) is 5.78 Å². The van der Waals surface area contributed by atoms with E-state index in [9.17, 15) is 9.59 Å². The number of benzene rings is 2. The molecule has 5 heteroatoms. The number of nitrogens with one attached hydrogen (secondary N) is 1. The van der Waals surface area contributed by atoms with Gasteiger partial charge in [0, 0.05) is 18.5 Å². The summed E-state index contributed by atoms with van der Waals surface area (Å²) in [4.78, 5) is 24.0. The van der Waals surface area contributed by atoms with Crippen LogP contribution in [0.15, 0.2) is 48.5 Å². The molecule has 0 fully saturated rings. The van der Waals surface area contributed by atoms with Crippen molar-refractivity contribution in [1.29, 1.82) is 0 Å². The van der Waals surface area contributed by atoms with Crippen molar-refractivity contribution in [3.05, 3.63) is 65.2 Å². The molecule has 1 N–H and O–H groups in total. The molecule has 0 saturated carbocycles. The summed E-state index contributed by atoms with van der Waals surface area (Å²) in [6.45, 7) is 5.79. The Hall–Kier alpha value is -2.82. The number of alkyl carbamates (subject to hydrolysis) is 1. The van der Waals surface area contributed by atoms with Crippen LogP contribution in [0, 0.1) is 0 Å². The number of Topliss-reactive ketones (excluding diaryl/α,β-unsaturated/α-hetero) is 1. The molecule has 5 nitrogen and oxygen atoms in total. The third-order valence-electron chi connectivity index (χ3n) is 3.64. The van der Waals surface area contributed by atoms with Crippen LogP contribution in [0.25, 0.3) is 0 Å². The molecule has 0 spiro atoms. The van der Waals surface area contributed by atoms with Crippen molar-refractivity contribution in [2.75, 3.05) is 7.11 Å². The van der Waals surface area contributed by atoms with Gasteiger partial charge >= 0.3 is 6.09 Å². The molecule has 0 aromatic heterocycles. The molecule has 0 atom stereocenters. The highest BCUT2D eigenvalue weighted by Crippen LogP contribution is 2.14. The van der Waals surface area contributed by atoms with Crippen molar-refractivity contribution in [3.8, 4) is 5.75 Å². The van der Waals surface area contributed by atoms with Crippen molar-refractivity contribution in [3.63, 3.8) is 0 Å². The van der Waals surface area contributed by atoms with Gasteiger partial charge in [-0.2, -0.15) is 0 Å². The number of methoxy groups -OCH3 is 1. The summed E-state index contributed by atoms with van der Waals surface area (Å²) < 4.78 is 10.3. The van der Waals surface area contributed by atoms with Crippen LogP contribution in [0.4, 0.5) is 4.79 Å². The molecular weight excluding hydrogens is 330 g/mol. The summed E-state index contributed by atoms with van der Waals surface area (Å²) >= 11 is 0. The molecule has 2 aromatic carbocycles. The minimum absolute atomic E-state index is 0.0434. The molecule has 0 aliphatic rings. The van der Waals surface area contributed by atoms with Gasteiger partial charge in [0.1, 0.15) is 11.4 Å². The number of ketones is 1. The third-order valence-corrected chi connectivity index (χ3v) is 3.64. The Labute approximate surface area is 154 Å². The van der Waals surface area contributed by atoms with E-state index in [4.69, 9.17) is 9.47 Å². The second kappa shape index (κ2) is 8.52. The van der Waals surface area contributed by atoms with E-state index in [0.29, 0.717) is 18.5 Å². The van der Waals surface area contributed by atoms with E-state index in [-0.39, 0.29) is 5.78 Å². The van der Waals surface area contributed by atoms with Crippen LogP contribution in [0.3, 0.4) is 0 Å². The molecule has 2 aromatic rings. The second-order valence-electron chi connectivity index (χ2n) is 7.00. The van der Waals surface area contributed by atoms with Crippen LogP contribution in [-0.2, 0) is 17.7 Å². The molecule has 2 rings (SSSR count). The molecule has 138 valence electrons. The summed E-state index contributed by atoms with van der Waals surface area (Å²) in [5.74, 6) is 0.810. The zero-order valence-corrected chi connectivity index (χ0v) is 15.7. The molecule has 0 unspecified atom stereocenters. The minimum atomic E-state index is -0.526. The van der Waals surface area contributed by atoms with E-state index in [1.807, 2.05) is 57.2 Å². The number of rotatable bonds is 6. The summed E-state index contributed by atoms with van der Waals surface area (Å²) in [6.07, 6.45) is -0.128. The molecule has 0 saturated heterocycles. The summed E-state index contributed by atoms with van der Waals surface area (Å²) in [5.41, 5.74) is 1.95. The minimum Gasteiger partial charge on any atom is -0.497 e. The van der Waals surface area contributed by atoms with E-state index >= 15 is 0 Å². The first kappa shape index (κ1) is 19.5. The fraction of sp³-hybridized carbons (Fsp3) is 0.333. The van der Waals surface area contributed by atoms with Crippen molar-refractivity contribution < 1.29 is 19.1 Å². The summed E-state index contributed by atoms with van der Waals surface area (Å²) in [7, 11) is 1.61. The molecule has 1 amide bonds. The zero-order chi connectivity index (χ0) is 19.2. The zero-order valence-electron chi connectivity index (χ0n) is 15.7. The number of amides is 1. The topological polar surface area (TPSA) is 64.6 Å². The Kier molecular flexibility index (Phi) is 6.39. The molecule has 0 aliphatic carbocycles. The Morgan fingerprint density at radius 1 is 0.923 bits per heavy atom. The van der Waals surface area contributed by atoms with Gasteiger partial charge in [-0.1, -0.05) is 36.4 Å². The average molecular weight is 355 g/mol. The van der Waals surface area contributed by atoms with Crippen LogP contribution in [-0.4, -0.2) is 24.6 Å². The lowest BCUT2D eigenvalue weighted by atomic mass is 10.0. The lowest BCUT2D eigenvalue weighted by Crippen LogP contribution is -2.32. The van der Waals surface area contributed by atoms with Gasteiger partial charge in [-0.15, -0.1) is 0 Å². The number of ether oxygens (including phenoxy) is 2. The van der Waals surface area contributed by atoms with Gasteiger partial charge in [-0.25, -0.2) is 4.79 Å². The lowest BCUT2D eigenvalue weighted by Gasteiger charge is -2.19. The Balaban J connectivity index is 1.89. The maximum atomic E-state index is 12.4. The van der Waals surface area contributed by atoms with Gasteiger partial charge in [0.05, 0.1) is 7.11 Å². The van der Waals surface area contributed by atoms with E-state index < -0.39 is 11.7 Å². The largest absolute Gasteiger partial charge is 0.497 e. The number of hydrogen-bond donors (Lipinski definition) is 1. The van der Waals surface area contributed by atoms with Crippen molar-refractivity contribution in [1.82, 2.24) is 5.32 Å².